The Morgan fingerprint density at radius 3 is 2.26 bits per heavy atom. The number of likely N-dealkylation sites (N-methyl/N-ethyl adjacent to an activating group) is 1. The molecule has 0 bridgehead atoms. The number of allylic oxidation sites excluding steroid dienone is 1. The van der Waals surface area contributed by atoms with Gasteiger partial charge in [-0.1, -0.05) is 72.8 Å². The zero-order valence-electron chi connectivity index (χ0n) is 25.4. The summed E-state index contributed by atoms with van der Waals surface area (Å²) < 4.78 is 31.8. The standard InChI is InChI=1S/C36H33FN4O5/c1-40-32-21-27(38-29-15-13-26(19-28(29)37)20-34(42)44-2)14-16-30(32)41(36(40)43)31-17-18-33(45-22-24-9-5-3-6-10-24)39-35(31)46-23-25-11-7-4-8-12-25/h3-19,21,30,32,38H,20,22-23H2,1-2H3. The minimum Gasteiger partial charge on any atom is -0.473 e. The molecule has 0 spiro atoms. The van der Waals surface area contributed by atoms with Crippen LogP contribution in [0.5, 0.6) is 11.8 Å². The van der Waals surface area contributed by atoms with E-state index in [4.69, 9.17) is 9.47 Å². The van der Waals surface area contributed by atoms with Crippen molar-refractivity contribution in [1.29, 1.82) is 0 Å². The molecule has 4 aromatic rings. The van der Waals surface area contributed by atoms with Crippen LogP contribution in [0, 0.1) is 5.82 Å². The Morgan fingerprint density at radius 2 is 1.59 bits per heavy atom. The molecule has 1 aliphatic heterocycles. The Balaban J connectivity index is 1.23. The topological polar surface area (TPSA) is 93.2 Å². The molecule has 46 heavy (non-hydrogen) atoms. The van der Waals surface area contributed by atoms with Gasteiger partial charge in [-0.05, 0) is 47.0 Å². The minimum atomic E-state index is -0.504. The molecule has 1 saturated heterocycles. The molecular weight excluding hydrogens is 587 g/mol. The van der Waals surface area contributed by atoms with Gasteiger partial charge in [0.25, 0.3) is 0 Å². The van der Waals surface area contributed by atoms with Gasteiger partial charge in [0, 0.05) is 18.8 Å². The van der Waals surface area contributed by atoms with E-state index in [1.165, 1.54) is 13.2 Å². The van der Waals surface area contributed by atoms with E-state index in [1.54, 1.807) is 41.1 Å². The van der Waals surface area contributed by atoms with Crippen molar-refractivity contribution >= 4 is 23.4 Å². The number of carbonyl (C=O) groups is 2. The van der Waals surface area contributed by atoms with E-state index in [0.717, 1.165) is 11.1 Å². The summed E-state index contributed by atoms with van der Waals surface area (Å²) >= 11 is 0. The van der Waals surface area contributed by atoms with E-state index < -0.39 is 11.8 Å². The van der Waals surface area contributed by atoms with Gasteiger partial charge in [-0.15, -0.1) is 0 Å². The molecule has 6 rings (SSSR count). The van der Waals surface area contributed by atoms with Gasteiger partial charge in [-0.2, -0.15) is 4.98 Å². The number of hydrogen-bond acceptors (Lipinski definition) is 7. The summed E-state index contributed by atoms with van der Waals surface area (Å²) in [5.74, 6) is -0.304. The van der Waals surface area contributed by atoms with Gasteiger partial charge in [0.15, 0.2) is 0 Å². The van der Waals surface area contributed by atoms with Crippen LogP contribution >= 0.6 is 0 Å². The number of esters is 1. The van der Waals surface area contributed by atoms with Gasteiger partial charge in [-0.3, -0.25) is 9.69 Å². The van der Waals surface area contributed by atoms with E-state index in [2.05, 4.69) is 15.0 Å². The number of carbonyl (C=O) groups excluding carboxylic acids is 2. The zero-order valence-corrected chi connectivity index (χ0v) is 25.4. The maximum atomic E-state index is 14.9. The number of urea groups is 1. The van der Waals surface area contributed by atoms with E-state index >= 15 is 0 Å². The number of fused-ring (bicyclic) bond motifs is 1. The maximum Gasteiger partial charge on any atom is 0.325 e. The number of methoxy groups -OCH3 is 1. The van der Waals surface area contributed by atoms with E-state index in [0.29, 0.717) is 29.4 Å². The lowest BCUT2D eigenvalue weighted by Crippen LogP contribution is -2.36. The van der Waals surface area contributed by atoms with Crippen molar-refractivity contribution in [2.75, 3.05) is 24.4 Å². The Hall–Kier alpha value is -5.64. The first-order chi connectivity index (χ1) is 22.4. The molecule has 2 heterocycles. The number of anilines is 2. The molecule has 2 atom stereocenters. The minimum absolute atomic E-state index is 0.0190. The first-order valence-electron chi connectivity index (χ1n) is 14.8. The highest BCUT2D eigenvalue weighted by molar-refractivity contribution is 5.97. The second-order valence-corrected chi connectivity index (χ2v) is 10.9. The van der Waals surface area contributed by atoms with Crippen molar-refractivity contribution in [2.45, 2.75) is 31.7 Å². The van der Waals surface area contributed by atoms with Crippen molar-refractivity contribution in [1.82, 2.24) is 9.88 Å². The lowest BCUT2D eigenvalue weighted by Gasteiger charge is -2.27. The van der Waals surface area contributed by atoms with Crippen LogP contribution in [-0.4, -0.2) is 48.1 Å². The van der Waals surface area contributed by atoms with Crippen LogP contribution in [0.2, 0.25) is 0 Å². The second-order valence-electron chi connectivity index (χ2n) is 10.9. The van der Waals surface area contributed by atoms with Crippen LogP contribution < -0.4 is 19.7 Å². The van der Waals surface area contributed by atoms with Crippen molar-refractivity contribution in [3.05, 3.63) is 137 Å². The van der Waals surface area contributed by atoms with Crippen LogP contribution in [0.25, 0.3) is 0 Å². The Morgan fingerprint density at radius 1 is 0.891 bits per heavy atom. The van der Waals surface area contributed by atoms with Crippen LogP contribution in [0.15, 0.2) is 115 Å². The average Bonchev–Trinajstić information content (AvgIpc) is 3.33. The van der Waals surface area contributed by atoms with Crippen LogP contribution in [0.3, 0.4) is 0 Å². The number of amides is 2. The molecule has 234 valence electrons. The fourth-order valence-electron chi connectivity index (χ4n) is 5.41. The molecule has 1 aromatic heterocycles. The van der Waals surface area contributed by atoms with Crippen molar-refractivity contribution in [2.24, 2.45) is 0 Å². The largest absolute Gasteiger partial charge is 0.473 e. The number of nitrogens with one attached hydrogen (secondary N) is 1. The number of pyridine rings is 1. The summed E-state index contributed by atoms with van der Waals surface area (Å²) in [6, 6.07) is 26.6. The Kier molecular flexibility index (Phi) is 8.96. The molecule has 10 heteroatoms. The van der Waals surface area contributed by atoms with Gasteiger partial charge in [0.05, 0.1) is 31.3 Å². The van der Waals surface area contributed by atoms with E-state index in [9.17, 15) is 14.0 Å². The zero-order chi connectivity index (χ0) is 32.0. The number of hydrogen-bond donors (Lipinski definition) is 1. The summed E-state index contributed by atoms with van der Waals surface area (Å²) in [5.41, 5.74) is 3.85. The number of benzene rings is 3. The molecule has 1 N–H and O–H groups in total. The second kappa shape index (κ2) is 13.6. The molecule has 3 aromatic carbocycles. The summed E-state index contributed by atoms with van der Waals surface area (Å²) in [6.45, 7) is 0.585. The van der Waals surface area contributed by atoms with Crippen LogP contribution in [0.1, 0.15) is 16.7 Å². The quantitative estimate of drug-likeness (QED) is 0.198. The molecule has 0 saturated carbocycles. The number of halogens is 1. The fourth-order valence-corrected chi connectivity index (χ4v) is 5.41. The smallest absolute Gasteiger partial charge is 0.325 e. The van der Waals surface area contributed by atoms with Crippen molar-refractivity contribution in [3.8, 4) is 11.8 Å². The third-order valence-electron chi connectivity index (χ3n) is 7.84. The van der Waals surface area contributed by atoms with Gasteiger partial charge in [0.2, 0.25) is 11.8 Å². The van der Waals surface area contributed by atoms with Crippen LogP contribution in [0.4, 0.5) is 20.6 Å². The van der Waals surface area contributed by atoms with Gasteiger partial charge >= 0.3 is 12.0 Å². The third kappa shape index (κ3) is 6.71. The number of ether oxygens (including phenoxy) is 3. The summed E-state index contributed by atoms with van der Waals surface area (Å²) in [6.07, 6.45) is 5.59. The maximum absolute atomic E-state index is 14.9. The third-order valence-corrected chi connectivity index (χ3v) is 7.84. The van der Waals surface area contributed by atoms with Gasteiger partial charge < -0.3 is 24.4 Å². The van der Waals surface area contributed by atoms with E-state index in [-0.39, 0.29) is 42.7 Å². The summed E-state index contributed by atoms with van der Waals surface area (Å²) in [7, 11) is 3.02. The number of rotatable bonds is 11. The number of aromatic nitrogens is 1. The highest BCUT2D eigenvalue weighted by atomic mass is 19.1. The van der Waals surface area contributed by atoms with Gasteiger partial charge in [0.1, 0.15) is 24.7 Å². The summed E-state index contributed by atoms with van der Waals surface area (Å²) in [4.78, 5) is 33.3. The molecule has 1 aliphatic carbocycles. The molecule has 2 amide bonds. The lowest BCUT2D eigenvalue weighted by atomic mass is 10.0. The number of nitrogens with zero attached hydrogens (tertiary/aromatic N) is 3. The molecule has 0 radical (unpaired) electrons. The van der Waals surface area contributed by atoms with Crippen molar-refractivity contribution in [3.63, 3.8) is 0 Å². The summed E-state index contributed by atoms with van der Waals surface area (Å²) in [5, 5.41) is 3.10. The van der Waals surface area contributed by atoms with Crippen LogP contribution in [-0.2, 0) is 29.2 Å². The first-order valence-corrected chi connectivity index (χ1v) is 14.8. The average molecular weight is 621 g/mol. The molecule has 1 fully saturated rings. The fraction of sp³-hybridized carbons (Fsp3) is 0.194. The Labute approximate surface area is 266 Å². The molecular formula is C36H33FN4O5. The predicted octanol–water partition coefficient (Wildman–Crippen LogP) is 6.27. The lowest BCUT2D eigenvalue weighted by molar-refractivity contribution is -0.139. The van der Waals surface area contributed by atoms with Gasteiger partial charge in [-0.25, -0.2) is 9.18 Å². The predicted molar refractivity (Wildman–Crippen MR) is 172 cm³/mol. The van der Waals surface area contributed by atoms with E-state index in [1.807, 2.05) is 78.9 Å². The molecule has 9 nitrogen and oxygen atoms in total. The monoisotopic (exact) mass is 620 g/mol. The van der Waals surface area contributed by atoms with Crippen molar-refractivity contribution < 1.29 is 28.2 Å². The highest BCUT2D eigenvalue weighted by Gasteiger charge is 2.45. The molecule has 2 unspecified atom stereocenters. The Bertz CT molecular complexity index is 1780. The molecule has 2 aliphatic rings. The highest BCUT2D eigenvalue weighted by Crippen LogP contribution is 2.38. The first kappa shape index (κ1) is 30.4. The SMILES string of the molecule is COC(=O)Cc1ccc(NC2=CC3C(C=C2)N(c2ccc(OCc4ccccc4)nc2OCc2ccccc2)C(=O)N3C)c(F)c1. The normalized spacial score (nSPS) is 16.9.